The molecule has 0 saturated heterocycles. The third-order valence-electron chi connectivity index (χ3n) is 2.75. The molecule has 0 radical (unpaired) electrons. The summed E-state index contributed by atoms with van der Waals surface area (Å²) in [5.74, 6) is 0.994. The van der Waals surface area contributed by atoms with Crippen LogP contribution in [0, 0.1) is 0 Å². The molecule has 1 aliphatic heterocycles. The minimum Gasteiger partial charge on any atom is -0.493 e. The minimum absolute atomic E-state index is 0.378. The second kappa shape index (κ2) is 5.51. The average Bonchev–Trinajstić information content (AvgIpc) is 2.48. The lowest BCUT2D eigenvalue weighted by Crippen LogP contribution is -2.20. The molecule has 1 aliphatic rings. The number of hydrogen-bond acceptors (Lipinski definition) is 2. The van der Waals surface area contributed by atoms with E-state index in [9.17, 15) is 0 Å². The van der Waals surface area contributed by atoms with Crippen LogP contribution in [0.25, 0.3) is 0 Å². The van der Waals surface area contributed by atoms with Crippen molar-refractivity contribution in [3.63, 3.8) is 0 Å². The monoisotopic (exact) mass is 281 g/mol. The number of rotatable bonds is 3. The third-order valence-corrected chi connectivity index (χ3v) is 3.25. The zero-order valence-electron chi connectivity index (χ0n) is 9.21. The van der Waals surface area contributed by atoms with E-state index in [0.29, 0.717) is 6.04 Å². The van der Waals surface area contributed by atoms with E-state index in [0.717, 1.165) is 36.2 Å². The van der Waals surface area contributed by atoms with E-state index in [1.165, 1.54) is 5.56 Å². The van der Waals surface area contributed by atoms with Gasteiger partial charge in [-0.2, -0.15) is 0 Å². The third kappa shape index (κ3) is 2.66. The van der Waals surface area contributed by atoms with Gasteiger partial charge in [0.05, 0.1) is 6.61 Å². The first-order chi connectivity index (χ1) is 7.81. The lowest BCUT2D eigenvalue weighted by atomic mass is 10.0. The summed E-state index contributed by atoms with van der Waals surface area (Å²) in [6.07, 6.45) is 4.09. The van der Waals surface area contributed by atoms with E-state index >= 15 is 0 Å². The highest BCUT2D eigenvalue weighted by Crippen LogP contribution is 2.33. The van der Waals surface area contributed by atoms with Crippen molar-refractivity contribution in [3.05, 3.63) is 40.9 Å². The molecule has 1 atom stereocenters. The Bertz CT molecular complexity index is 378. The second-order valence-electron chi connectivity index (χ2n) is 3.92. The van der Waals surface area contributed by atoms with Gasteiger partial charge >= 0.3 is 0 Å². The number of halogens is 1. The van der Waals surface area contributed by atoms with Crippen LogP contribution >= 0.6 is 15.9 Å². The summed E-state index contributed by atoms with van der Waals surface area (Å²) in [5.41, 5.74) is 1.25. The Hall–Kier alpha value is -0.800. The summed E-state index contributed by atoms with van der Waals surface area (Å²) >= 11 is 3.47. The van der Waals surface area contributed by atoms with Crippen molar-refractivity contribution in [1.82, 2.24) is 5.32 Å². The van der Waals surface area contributed by atoms with E-state index in [1.807, 2.05) is 12.1 Å². The van der Waals surface area contributed by atoms with Crippen LogP contribution in [0.2, 0.25) is 0 Å². The van der Waals surface area contributed by atoms with Crippen molar-refractivity contribution in [2.45, 2.75) is 18.9 Å². The van der Waals surface area contributed by atoms with Gasteiger partial charge < -0.3 is 10.1 Å². The van der Waals surface area contributed by atoms with Crippen molar-refractivity contribution in [3.8, 4) is 5.75 Å². The van der Waals surface area contributed by atoms with Crippen molar-refractivity contribution in [2.24, 2.45) is 0 Å². The normalized spacial score (nSPS) is 19.4. The number of fused-ring (bicyclic) bond motifs is 1. The first kappa shape index (κ1) is 11.7. The Morgan fingerprint density at radius 3 is 3.25 bits per heavy atom. The Morgan fingerprint density at radius 2 is 2.44 bits per heavy atom. The molecule has 0 fully saturated rings. The van der Waals surface area contributed by atoms with Gasteiger partial charge in [-0.15, -0.1) is 6.58 Å². The van der Waals surface area contributed by atoms with E-state index in [1.54, 1.807) is 0 Å². The van der Waals surface area contributed by atoms with Gasteiger partial charge in [-0.25, -0.2) is 0 Å². The Labute approximate surface area is 105 Å². The summed E-state index contributed by atoms with van der Waals surface area (Å²) in [6.45, 7) is 5.37. The molecule has 1 aromatic carbocycles. The predicted molar refractivity (Wildman–Crippen MR) is 69.8 cm³/mol. The van der Waals surface area contributed by atoms with Crippen molar-refractivity contribution >= 4 is 15.9 Å². The summed E-state index contributed by atoms with van der Waals surface area (Å²) in [6, 6.07) is 6.62. The van der Waals surface area contributed by atoms with Crippen LogP contribution in [0.1, 0.15) is 24.4 Å². The molecule has 0 saturated carbocycles. The summed E-state index contributed by atoms with van der Waals surface area (Å²) in [4.78, 5) is 0. The quantitative estimate of drug-likeness (QED) is 0.857. The molecule has 1 N–H and O–H groups in total. The van der Waals surface area contributed by atoms with Crippen LogP contribution in [0.3, 0.4) is 0 Å². The van der Waals surface area contributed by atoms with Gasteiger partial charge in [-0.05, 0) is 25.0 Å². The zero-order valence-corrected chi connectivity index (χ0v) is 10.8. The molecule has 0 aliphatic carbocycles. The molecule has 3 heteroatoms. The first-order valence-corrected chi connectivity index (χ1v) is 6.37. The van der Waals surface area contributed by atoms with Crippen LogP contribution in [-0.4, -0.2) is 13.2 Å². The molecule has 0 aromatic heterocycles. The van der Waals surface area contributed by atoms with Crippen molar-refractivity contribution in [1.29, 1.82) is 0 Å². The smallest absolute Gasteiger partial charge is 0.125 e. The maximum absolute atomic E-state index is 5.74. The number of nitrogens with one attached hydrogen (secondary N) is 1. The first-order valence-electron chi connectivity index (χ1n) is 5.58. The van der Waals surface area contributed by atoms with Crippen LogP contribution in [0.4, 0.5) is 0 Å². The lowest BCUT2D eigenvalue weighted by molar-refractivity contribution is 0.315. The fraction of sp³-hybridized carbons (Fsp3) is 0.385. The molecule has 16 heavy (non-hydrogen) atoms. The highest BCUT2D eigenvalue weighted by atomic mass is 79.9. The second-order valence-corrected chi connectivity index (χ2v) is 4.84. The summed E-state index contributed by atoms with van der Waals surface area (Å²) in [7, 11) is 0. The highest BCUT2D eigenvalue weighted by Gasteiger charge is 2.18. The SMILES string of the molecule is C=CCNC1CCCOc2cc(Br)ccc21. The van der Waals surface area contributed by atoms with Gasteiger partial charge in [0.1, 0.15) is 5.75 Å². The van der Waals surface area contributed by atoms with Crippen LogP contribution in [-0.2, 0) is 0 Å². The number of benzene rings is 1. The van der Waals surface area contributed by atoms with Gasteiger partial charge in [0, 0.05) is 22.6 Å². The fourth-order valence-corrected chi connectivity index (χ4v) is 2.32. The van der Waals surface area contributed by atoms with Crippen molar-refractivity contribution in [2.75, 3.05) is 13.2 Å². The Balaban J connectivity index is 2.25. The molecular formula is C13H16BrNO. The largest absolute Gasteiger partial charge is 0.493 e. The van der Waals surface area contributed by atoms with Gasteiger partial charge in [-0.1, -0.05) is 28.1 Å². The molecule has 2 nitrogen and oxygen atoms in total. The summed E-state index contributed by atoms with van der Waals surface area (Å²) < 4.78 is 6.81. The average molecular weight is 282 g/mol. The van der Waals surface area contributed by atoms with Crippen LogP contribution in [0.5, 0.6) is 5.75 Å². The predicted octanol–water partition coefficient (Wildman–Crippen LogP) is 3.44. The van der Waals surface area contributed by atoms with E-state index in [-0.39, 0.29) is 0 Å². The van der Waals surface area contributed by atoms with Crippen LogP contribution < -0.4 is 10.1 Å². The lowest BCUT2D eigenvalue weighted by Gasteiger charge is -2.17. The van der Waals surface area contributed by atoms with Gasteiger partial charge in [0.15, 0.2) is 0 Å². The molecule has 0 amide bonds. The molecule has 1 heterocycles. The fourth-order valence-electron chi connectivity index (χ4n) is 1.98. The topological polar surface area (TPSA) is 21.3 Å². The Kier molecular flexibility index (Phi) is 4.02. The molecular weight excluding hydrogens is 266 g/mol. The minimum atomic E-state index is 0.378. The maximum Gasteiger partial charge on any atom is 0.125 e. The maximum atomic E-state index is 5.74. The van der Waals surface area contributed by atoms with Crippen molar-refractivity contribution < 1.29 is 4.74 Å². The van der Waals surface area contributed by atoms with Crippen LogP contribution in [0.15, 0.2) is 35.3 Å². The molecule has 86 valence electrons. The van der Waals surface area contributed by atoms with E-state index in [4.69, 9.17) is 4.74 Å². The standard InChI is InChI=1S/C13H16BrNO/c1-2-7-15-12-4-3-8-16-13-9-10(14)5-6-11(12)13/h2,5-6,9,12,15H,1,3-4,7-8H2. The molecule has 1 aromatic rings. The van der Waals surface area contributed by atoms with Gasteiger partial charge in [0.25, 0.3) is 0 Å². The zero-order chi connectivity index (χ0) is 11.4. The van der Waals surface area contributed by atoms with E-state index in [2.05, 4.69) is 40.0 Å². The molecule has 2 rings (SSSR count). The summed E-state index contributed by atoms with van der Waals surface area (Å²) in [5, 5.41) is 3.47. The number of hydrogen-bond donors (Lipinski definition) is 1. The molecule has 0 bridgehead atoms. The molecule has 1 unspecified atom stereocenters. The van der Waals surface area contributed by atoms with Gasteiger partial charge in [0.2, 0.25) is 0 Å². The molecule has 0 spiro atoms. The van der Waals surface area contributed by atoms with Gasteiger partial charge in [-0.3, -0.25) is 0 Å². The van der Waals surface area contributed by atoms with E-state index < -0.39 is 0 Å². The highest BCUT2D eigenvalue weighted by molar-refractivity contribution is 9.10. The number of ether oxygens (including phenoxy) is 1. The Morgan fingerprint density at radius 1 is 1.56 bits per heavy atom.